The van der Waals surface area contributed by atoms with Gasteiger partial charge in [-0.05, 0) is 44.0 Å². The Balaban J connectivity index is 1.68. The molecule has 1 fully saturated rings. The van der Waals surface area contributed by atoms with Crippen molar-refractivity contribution >= 4 is 17.5 Å². The third-order valence-electron chi connectivity index (χ3n) is 6.02. The van der Waals surface area contributed by atoms with Gasteiger partial charge in [0.05, 0.1) is 11.8 Å². The fourth-order valence-corrected chi connectivity index (χ4v) is 4.35. The van der Waals surface area contributed by atoms with Crippen molar-refractivity contribution in [2.45, 2.75) is 38.6 Å². The van der Waals surface area contributed by atoms with E-state index in [4.69, 9.17) is 4.42 Å². The van der Waals surface area contributed by atoms with E-state index in [1.165, 1.54) is 0 Å². The molecule has 4 rings (SSSR count). The van der Waals surface area contributed by atoms with E-state index in [1.807, 2.05) is 23.1 Å². The first-order valence-electron chi connectivity index (χ1n) is 10.5. The largest absolute Gasteiger partial charge is 0.469 e. The minimum atomic E-state index is -0.467. The average molecular weight is 396 g/mol. The third-order valence-corrected chi connectivity index (χ3v) is 6.02. The highest BCUT2D eigenvalue weighted by Gasteiger charge is 2.39. The van der Waals surface area contributed by atoms with Crippen LogP contribution in [0.1, 0.15) is 41.4 Å². The van der Waals surface area contributed by atoms with Crippen molar-refractivity contribution in [3.63, 3.8) is 0 Å². The molecular formula is C23H29N3O3. The lowest BCUT2D eigenvalue weighted by Gasteiger charge is -2.40. The van der Waals surface area contributed by atoms with Gasteiger partial charge >= 0.3 is 0 Å². The summed E-state index contributed by atoms with van der Waals surface area (Å²) in [6.45, 7) is 5.22. The van der Waals surface area contributed by atoms with E-state index in [9.17, 15) is 9.59 Å². The van der Waals surface area contributed by atoms with E-state index < -0.39 is 6.04 Å². The van der Waals surface area contributed by atoms with Crippen LogP contribution in [0.3, 0.4) is 0 Å². The van der Waals surface area contributed by atoms with Gasteiger partial charge in [-0.25, -0.2) is 0 Å². The highest BCUT2D eigenvalue weighted by molar-refractivity contribution is 6.11. The molecular weight excluding hydrogens is 366 g/mol. The molecule has 2 aromatic rings. The Morgan fingerprint density at radius 1 is 1.10 bits per heavy atom. The molecule has 0 saturated carbocycles. The third kappa shape index (κ3) is 3.81. The Bertz CT molecular complexity index is 883. The van der Waals surface area contributed by atoms with Crippen molar-refractivity contribution in [2.75, 3.05) is 38.1 Å². The molecule has 2 amide bonds. The normalized spacial score (nSPS) is 19.9. The molecule has 1 saturated heterocycles. The Hall–Kier alpha value is -2.60. The van der Waals surface area contributed by atoms with Crippen molar-refractivity contribution in [1.82, 2.24) is 9.80 Å². The number of hydrogen-bond donors (Lipinski definition) is 0. The number of fused-ring (bicyclic) bond motifs is 1. The molecule has 2 aliphatic rings. The van der Waals surface area contributed by atoms with E-state index in [0.717, 1.165) is 37.2 Å². The molecule has 1 atom stereocenters. The summed E-state index contributed by atoms with van der Waals surface area (Å²) in [5.41, 5.74) is 2.53. The van der Waals surface area contributed by atoms with E-state index in [2.05, 4.69) is 24.9 Å². The number of anilines is 1. The smallest absolute Gasteiger partial charge is 0.262 e. The predicted molar refractivity (Wildman–Crippen MR) is 112 cm³/mol. The molecule has 1 aromatic heterocycles. The van der Waals surface area contributed by atoms with Gasteiger partial charge in [0.25, 0.3) is 5.91 Å². The van der Waals surface area contributed by atoms with Crippen LogP contribution in [0.5, 0.6) is 0 Å². The van der Waals surface area contributed by atoms with Gasteiger partial charge in [0.15, 0.2) is 0 Å². The molecule has 0 N–H and O–H groups in total. The second kappa shape index (κ2) is 8.41. The first-order chi connectivity index (χ1) is 14.1. The quantitative estimate of drug-likeness (QED) is 0.799. The second-order valence-corrected chi connectivity index (χ2v) is 7.99. The van der Waals surface area contributed by atoms with Gasteiger partial charge in [0.2, 0.25) is 5.91 Å². The number of piperazine rings is 1. The van der Waals surface area contributed by atoms with Crippen LogP contribution in [0.15, 0.2) is 41.0 Å². The molecule has 2 aliphatic heterocycles. The lowest BCUT2D eigenvalue weighted by molar-refractivity contribution is -0.134. The van der Waals surface area contributed by atoms with Gasteiger partial charge in [-0.1, -0.05) is 25.1 Å². The summed E-state index contributed by atoms with van der Waals surface area (Å²) in [5.74, 6) is 0.620. The summed E-state index contributed by atoms with van der Waals surface area (Å²) in [6.07, 6.45) is 4.63. The molecule has 0 radical (unpaired) electrons. The molecule has 154 valence electrons. The van der Waals surface area contributed by atoms with Crippen LogP contribution in [0.25, 0.3) is 0 Å². The Morgan fingerprint density at radius 3 is 2.62 bits per heavy atom. The maximum atomic E-state index is 13.7. The number of hydrogen-bond acceptors (Lipinski definition) is 4. The van der Waals surface area contributed by atoms with E-state index in [-0.39, 0.29) is 11.8 Å². The zero-order chi connectivity index (χ0) is 20.4. The van der Waals surface area contributed by atoms with E-state index in [0.29, 0.717) is 37.3 Å². The number of amides is 2. The number of carbonyl (C=O) groups excluding carboxylic acids is 2. The lowest BCUT2D eigenvalue weighted by Crippen LogP contribution is -2.57. The molecule has 3 heterocycles. The number of furan rings is 1. The Morgan fingerprint density at radius 2 is 1.86 bits per heavy atom. The molecule has 1 unspecified atom stereocenters. The standard InChI is InChI=1S/C23H29N3O3/c1-3-6-21-18(11-16-29-21)22(27)26-19-8-5-4-7-17(19)9-10-20(26)23(28)25-14-12-24(2)13-15-25/h4-5,7-8,11,16,20H,3,6,9-10,12-15H2,1-2H3. The maximum absolute atomic E-state index is 13.7. The van der Waals surface area contributed by atoms with Gasteiger partial charge in [-0.3, -0.25) is 14.5 Å². The van der Waals surface area contributed by atoms with Crippen molar-refractivity contribution in [2.24, 2.45) is 0 Å². The molecule has 6 heteroatoms. The number of likely N-dealkylation sites (N-methyl/N-ethyl adjacent to an activating group) is 1. The van der Waals surface area contributed by atoms with E-state index >= 15 is 0 Å². The summed E-state index contributed by atoms with van der Waals surface area (Å²) in [5, 5.41) is 0. The topological polar surface area (TPSA) is 57.0 Å². The van der Waals surface area contributed by atoms with Crippen molar-refractivity contribution in [1.29, 1.82) is 0 Å². The number of para-hydroxylation sites is 1. The summed E-state index contributed by atoms with van der Waals surface area (Å²) in [7, 11) is 2.07. The lowest BCUT2D eigenvalue weighted by atomic mass is 9.93. The summed E-state index contributed by atoms with van der Waals surface area (Å²) < 4.78 is 5.58. The van der Waals surface area contributed by atoms with Crippen molar-refractivity contribution in [3.8, 4) is 0 Å². The summed E-state index contributed by atoms with van der Waals surface area (Å²) >= 11 is 0. The van der Waals surface area contributed by atoms with Crippen LogP contribution < -0.4 is 4.90 Å². The Kier molecular flexibility index (Phi) is 5.72. The van der Waals surface area contributed by atoms with Crippen molar-refractivity contribution < 1.29 is 14.0 Å². The van der Waals surface area contributed by atoms with Crippen LogP contribution in [0.2, 0.25) is 0 Å². The second-order valence-electron chi connectivity index (χ2n) is 7.99. The fourth-order valence-electron chi connectivity index (χ4n) is 4.35. The predicted octanol–water partition coefficient (Wildman–Crippen LogP) is 2.97. The first kappa shape index (κ1) is 19.7. The van der Waals surface area contributed by atoms with Crippen LogP contribution in [0.4, 0.5) is 5.69 Å². The zero-order valence-electron chi connectivity index (χ0n) is 17.3. The number of aryl methyl sites for hydroxylation is 2. The van der Waals surface area contributed by atoms with Crippen LogP contribution in [0, 0.1) is 0 Å². The van der Waals surface area contributed by atoms with Crippen LogP contribution in [-0.2, 0) is 17.6 Å². The van der Waals surface area contributed by atoms with Gasteiger partial charge in [0, 0.05) is 38.3 Å². The van der Waals surface area contributed by atoms with Gasteiger partial charge in [0.1, 0.15) is 11.8 Å². The maximum Gasteiger partial charge on any atom is 0.262 e. The highest BCUT2D eigenvalue weighted by atomic mass is 16.3. The van der Waals surface area contributed by atoms with Gasteiger partial charge < -0.3 is 14.2 Å². The van der Waals surface area contributed by atoms with Crippen molar-refractivity contribution in [3.05, 3.63) is 53.5 Å². The SMILES string of the molecule is CCCc1occc1C(=O)N1c2ccccc2CCC1C(=O)N1CCN(C)CC1. The van der Waals surface area contributed by atoms with Crippen LogP contribution >= 0.6 is 0 Å². The van der Waals surface area contributed by atoms with Gasteiger partial charge in [-0.15, -0.1) is 0 Å². The number of benzene rings is 1. The monoisotopic (exact) mass is 395 g/mol. The fraction of sp³-hybridized carbons (Fsp3) is 0.478. The number of nitrogens with zero attached hydrogens (tertiary/aromatic N) is 3. The Labute approximate surface area is 172 Å². The average Bonchev–Trinajstić information content (AvgIpc) is 3.21. The highest BCUT2D eigenvalue weighted by Crippen LogP contribution is 2.33. The number of rotatable bonds is 4. The minimum Gasteiger partial charge on any atom is -0.469 e. The summed E-state index contributed by atoms with van der Waals surface area (Å²) in [6, 6.07) is 9.20. The number of carbonyl (C=O) groups is 2. The summed E-state index contributed by atoms with van der Waals surface area (Å²) in [4.78, 5) is 33.0. The molecule has 0 bridgehead atoms. The molecule has 6 nitrogen and oxygen atoms in total. The van der Waals surface area contributed by atoms with E-state index in [1.54, 1.807) is 17.2 Å². The first-order valence-corrected chi connectivity index (χ1v) is 10.5. The van der Waals surface area contributed by atoms with Gasteiger partial charge in [-0.2, -0.15) is 0 Å². The zero-order valence-corrected chi connectivity index (χ0v) is 17.3. The molecule has 29 heavy (non-hydrogen) atoms. The minimum absolute atomic E-state index is 0.0569. The molecule has 0 aliphatic carbocycles. The molecule has 1 aromatic carbocycles. The van der Waals surface area contributed by atoms with Crippen LogP contribution in [-0.4, -0.2) is 60.9 Å². The molecule has 0 spiro atoms.